The van der Waals surface area contributed by atoms with Crippen molar-refractivity contribution in [1.82, 2.24) is 14.6 Å². The van der Waals surface area contributed by atoms with Crippen molar-refractivity contribution in [2.75, 3.05) is 42.9 Å². The fourth-order valence-electron chi connectivity index (χ4n) is 8.84. The Labute approximate surface area is 365 Å². The van der Waals surface area contributed by atoms with Crippen LogP contribution in [0.4, 0.5) is 33.2 Å². The molecule has 1 N–H and O–H groups in total. The Kier molecular flexibility index (Phi) is 11.3. The highest BCUT2D eigenvalue weighted by molar-refractivity contribution is 7.99. The number of nitrogens with zero attached hydrogens (tertiary/aromatic N) is 6. The number of aromatic nitrogens is 3. The number of hydrogen-bond acceptors (Lipinski definition) is 8. The average Bonchev–Trinajstić information content (AvgIpc) is 3.73. The maximum absolute atomic E-state index is 14.9. The van der Waals surface area contributed by atoms with Gasteiger partial charge in [-0.15, -0.1) is 0 Å². The number of nitrogens with one attached hydrogen (secondary N) is 1. The van der Waals surface area contributed by atoms with Gasteiger partial charge in [0.1, 0.15) is 11.7 Å². The first-order chi connectivity index (χ1) is 28.5. The molecule has 2 aliphatic rings. The molecule has 1 amide bonds. The zero-order chi connectivity index (χ0) is 44.5. The Balaban J connectivity index is 1.37. The largest absolute Gasteiger partial charge is 0.459 e. The molecule has 0 spiro atoms. The minimum atomic E-state index is -0.741. The van der Waals surface area contributed by atoms with Gasteiger partial charge in [-0.3, -0.25) is 5.10 Å². The van der Waals surface area contributed by atoms with Crippen LogP contribution in [-0.4, -0.2) is 61.0 Å². The van der Waals surface area contributed by atoms with E-state index in [1.807, 2.05) is 86.5 Å². The summed E-state index contributed by atoms with van der Waals surface area (Å²) in [6, 6.07) is 19.9. The van der Waals surface area contributed by atoms with Crippen molar-refractivity contribution in [2.24, 2.45) is 28.6 Å². The van der Waals surface area contributed by atoms with Gasteiger partial charge in [-0.1, -0.05) is 105 Å². The highest BCUT2D eigenvalue weighted by Crippen LogP contribution is 2.52. The summed E-state index contributed by atoms with van der Waals surface area (Å²) in [6.07, 6.45) is 0.676. The van der Waals surface area contributed by atoms with Gasteiger partial charge in [-0.05, 0) is 77.0 Å². The van der Waals surface area contributed by atoms with Crippen LogP contribution in [0.1, 0.15) is 98.0 Å². The van der Waals surface area contributed by atoms with Crippen molar-refractivity contribution >= 4 is 57.9 Å². The molecule has 5 aromatic rings. The predicted octanol–water partition coefficient (Wildman–Crippen LogP) is 12.4. The van der Waals surface area contributed by atoms with Crippen LogP contribution < -0.4 is 19.4 Å². The van der Waals surface area contributed by atoms with Gasteiger partial charge >= 0.3 is 12.1 Å². The molecular weight excluding hydrogens is 783 g/mol. The first kappa shape index (κ1) is 43.7. The molecule has 0 saturated heterocycles. The minimum absolute atomic E-state index is 0.0354. The molecule has 3 heterocycles. The van der Waals surface area contributed by atoms with Gasteiger partial charge in [0.15, 0.2) is 11.5 Å². The van der Waals surface area contributed by atoms with Crippen LogP contribution in [-0.2, 0) is 10.2 Å². The maximum Gasteiger partial charge on any atom is 0.424 e. The van der Waals surface area contributed by atoms with Gasteiger partial charge in [-0.2, -0.15) is 0 Å². The Morgan fingerprint density at radius 3 is 1.80 bits per heavy atom. The van der Waals surface area contributed by atoms with Crippen molar-refractivity contribution in [2.45, 2.75) is 103 Å². The van der Waals surface area contributed by atoms with Crippen LogP contribution in [0.15, 0.2) is 70.5 Å². The lowest BCUT2D eigenvalue weighted by Crippen LogP contribution is -2.49. The summed E-state index contributed by atoms with van der Waals surface area (Å²) in [5, 5.41) is 3.29. The van der Waals surface area contributed by atoms with Gasteiger partial charge in [-0.25, -0.2) is 28.8 Å². The van der Waals surface area contributed by atoms with Crippen LogP contribution in [0, 0.1) is 35.2 Å². The minimum Gasteiger partial charge on any atom is -0.459 e. The smallest absolute Gasteiger partial charge is 0.424 e. The van der Waals surface area contributed by atoms with Gasteiger partial charge in [0.25, 0.3) is 5.69 Å². The molecule has 1 fully saturated rings. The fourth-order valence-corrected chi connectivity index (χ4v) is 9.96. The number of H-pyrrole nitrogens is 1. The number of esters is 1. The van der Waals surface area contributed by atoms with E-state index in [2.05, 4.69) is 91.3 Å². The van der Waals surface area contributed by atoms with Gasteiger partial charge in [0.2, 0.25) is 5.88 Å². The molecule has 2 unspecified atom stereocenters. The second-order valence-corrected chi connectivity index (χ2v) is 21.6. The lowest BCUT2D eigenvalue weighted by molar-refractivity contribution is -0.0922. The molecule has 3 aromatic carbocycles. The van der Waals surface area contributed by atoms with E-state index < -0.39 is 18.2 Å². The lowest BCUT2D eigenvalue weighted by atomic mass is 9.59. The van der Waals surface area contributed by atoms with Crippen LogP contribution in [0.25, 0.3) is 21.9 Å². The monoisotopic (exact) mass is 843 g/mol. The second kappa shape index (κ2) is 15.8. The predicted molar refractivity (Wildman–Crippen MR) is 247 cm³/mol. The second-order valence-electron chi connectivity index (χ2n) is 20.5. The van der Waals surface area contributed by atoms with Gasteiger partial charge in [0, 0.05) is 66.8 Å². The SMILES string of the molecule is [C-]#[N+]c1c(C(=O)OC2C(C(C)(C)C)CC(C)CC2C(C)(C)C)c2nc(-c3ccc(C(C)(C)C)cc3)[nH]n2c1OC(=O)N1c2ccc(N(C)C)cc2Sc2cc(N(C)C)ccc21. The van der Waals surface area contributed by atoms with Crippen LogP contribution in [0.3, 0.4) is 0 Å². The summed E-state index contributed by atoms with van der Waals surface area (Å²) in [5.41, 5.74) is 4.77. The molecule has 1 saturated carbocycles. The third-order valence-corrected chi connectivity index (χ3v) is 13.5. The van der Waals surface area contributed by atoms with Crippen molar-refractivity contribution < 1.29 is 19.1 Å². The van der Waals surface area contributed by atoms with E-state index in [-0.39, 0.29) is 50.9 Å². The molecule has 0 radical (unpaired) electrons. The summed E-state index contributed by atoms with van der Waals surface area (Å²) in [4.78, 5) is 46.0. The quantitative estimate of drug-likeness (QED) is 0.133. The maximum atomic E-state index is 14.9. The molecule has 1 aliphatic heterocycles. The number of anilines is 4. The van der Waals surface area contributed by atoms with E-state index >= 15 is 0 Å². The Morgan fingerprint density at radius 1 is 0.820 bits per heavy atom. The van der Waals surface area contributed by atoms with E-state index in [4.69, 9.17) is 21.0 Å². The van der Waals surface area contributed by atoms with E-state index in [1.54, 1.807) is 16.7 Å². The highest BCUT2D eigenvalue weighted by atomic mass is 32.2. The summed E-state index contributed by atoms with van der Waals surface area (Å²) >= 11 is 1.58. The summed E-state index contributed by atoms with van der Waals surface area (Å²) in [6.45, 7) is 30.5. The average molecular weight is 844 g/mol. The number of carbonyl (C=O) groups is 2. The molecule has 2 aromatic heterocycles. The third kappa shape index (κ3) is 8.33. The number of rotatable bonds is 6. The van der Waals surface area contributed by atoms with Crippen molar-refractivity contribution in [3.63, 3.8) is 0 Å². The van der Waals surface area contributed by atoms with E-state index in [0.717, 1.165) is 45.1 Å². The van der Waals surface area contributed by atoms with E-state index in [9.17, 15) is 9.59 Å². The summed E-state index contributed by atoms with van der Waals surface area (Å²) in [7, 11) is 7.91. The number of hydrogen-bond donors (Lipinski definition) is 1. The van der Waals surface area contributed by atoms with Gasteiger partial charge < -0.3 is 19.3 Å². The van der Waals surface area contributed by atoms with Crippen LogP contribution in [0.5, 0.6) is 5.88 Å². The first-order valence-corrected chi connectivity index (χ1v) is 22.0. The van der Waals surface area contributed by atoms with Gasteiger partial charge in [0.05, 0.1) is 17.9 Å². The molecule has 7 rings (SSSR count). The Bertz CT molecular complexity index is 2440. The van der Waals surface area contributed by atoms with Crippen LogP contribution in [0.2, 0.25) is 0 Å². The fraction of sp³-hybridized carbons (Fsp3) is 0.469. The highest BCUT2D eigenvalue weighted by Gasteiger charge is 2.49. The topological polar surface area (TPSA) is 99.8 Å². The number of ether oxygens (including phenoxy) is 2. The molecule has 12 heteroatoms. The number of benzene rings is 3. The van der Waals surface area contributed by atoms with Crippen LogP contribution >= 0.6 is 11.8 Å². The van der Waals surface area contributed by atoms with Crippen molar-refractivity contribution in [3.05, 3.63) is 83.2 Å². The number of carbonyl (C=O) groups excluding carboxylic acids is 2. The molecule has 1 aliphatic carbocycles. The zero-order valence-electron chi connectivity index (χ0n) is 38.2. The Morgan fingerprint density at radius 2 is 1.34 bits per heavy atom. The third-order valence-electron chi connectivity index (χ3n) is 12.4. The lowest BCUT2D eigenvalue weighted by Gasteiger charge is -2.50. The first-order valence-electron chi connectivity index (χ1n) is 21.1. The number of aromatic amines is 1. The standard InChI is InChI=1S/C49H61N7O4S/c1-28-24-33(48(5,6)7)41(34(25-28)49(8,9)10)59-45(57)39-40(50-11)44(56-43(39)51-42(52-56)29-16-18-30(19-17-29)47(2,3)4)60-46(58)55-35-22-20-31(53(12)13)26-37(35)61-38-27-32(54(14)15)21-23-36(38)55/h16-23,26-28,33-34,41H,24-25H2,1-10,12-15H3,(H,51,52). The van der Waals surface area contributed by atoms with Crippen molar-refractivity contribution in [1.29, 1.82) is 0 Å². The molecule has 322 valence electrons. The zero-order valence-corrected chi connectivity index (χ0v) is 39.0. The normalized spacial score (nSPS) is 19.2. The summed E-state index contributed by atoms with van der Waals surface area (Å²) in [5.74, 6) is 0.256. The molecule has 2 atom stereocenters. The van der Waals surface area contributed by atoms with E-state index in [0.29, 0.717) is 23.1 Å². The Hall–Kier alpha value is -5.41. The number of fused-ring (bicyclic) bond motifs is 3. The number of amides is 1. The molecular formula is C49H61N7O4S. The molecule has 0 bridgehead atoms. The molecule has 61 heavy (non-hydrogen) atoms. The van der Waals surface area contributed by atoms with Crippen molar-refractivity contribution in [3.8, 4) is 17.3 Å². The molecule has 11 nitrogen and oxygen atoms in total. The van der Waals surface area contributed by atoms with E-state index in [1.165, 1.54) is 4.52 Å². The summed E-state index contributed by atoms with van der Waals surface area (Å²) < 4.78 is 14.5.